The van der Waals surface area contributed by atoms with Gasteiger partial charge in [0.2, 0.25) is 15.9 Å². The summed E-state index contributed by atoms with van der Waals surface area (Å²) in [5.41, 5.74) is 6.31. The zero-order valence-corrected chi connectivity index (χ0v) is 24.8. The molecular formula is C31H29FN8O3S. The van der Waals surface area contributed by atoms with Gasteiger partial charge < -0.3 is 10.3 Å². The molecule has 6 aromatic rings. The molecule has 4 N–H and O–H groups in total. The Hall–Kier alpha value is -5.01. The number of hydrogen-bond donors (Lipinski definition) is 4. The Morgan fingerprint density at radius 1 is 1.02 bits per heavy atom. The van der Waals surface area contributed by atoms with Crippen molar-refractivity contribution in [3.05, 3.63) is 78.5 Å². The van der Waals surface area contributed by atoms with Crippen molar-refractivity contribution in [3.63, 3.8) is 0 Å². The van der Waals surface area contributed by atoms with Crippen LogP contribution in [-0.4, -0.2) is 50.7 Å². The van der Waals surface area contributed by atoms with E-state index in [0.717, 1.165) is 35.6 Å². The number of nitrogens with one attached hydrogen (secondary N) is 4. The van der Waals surface area contributed by atoms with E-state index in [-0.39, 0.29) is 12.5 Å². The van der Waals surface area contributed by atoms with E-state index in [2.05, 4.69) is 35.2 Å². The summed E-state index contributed by atoms with van der Waals surface area (Å²) in [7, 11) is -3.44. The van der Waals surface area contributed by atoms with Crippen molar-refractivity contribution >= 4 is 43.7 Å². The number of halogens is 1. The van der Waals surface area contributed by atoms with Gasteiger partial charge in [0.25, 0.3) is 0 Å². The molecule has 0 spiro atoms. The van der Waals surface area contributed by atoms with Crippen LogP contribution in [0.25, 0.3) is 55.8 Å². The van der Waals surface area contributed by atoms with E-state index in [1.54, 1.807) is 24.7 Å². The number of aromatic nitrogens is 6. The molecule has 11 nitrogen and oxygen atoms in total. The van der Waals surface area contributed by atoms with E-state index in [1.165, 1.54) is 12.1 Å². The first-order valence-corrected chi connectivity index (χ1v) is 15.9. The normalized spacial score (nSPS) is 11.8. The lowest BCUT2D eigenvalue weighted by Crippen LogP contribution is -2.21. The predicted octanol–water partition coefficient (Wildman–Crippen LogP) is 5.55. The Bertz CT molecular complexity index is 2120. The highest BCUT2D eigenvalue weighted by atomic mass is 32.2. The molecule has 0 saturated heterocycles. The van der Waals surface area contributed by atoms with Crippen LogP contribution in [0.15, 0.2) is 67.1 Å². The molecule has 44 heavy (non-hydrogen) atoms. The molecule has 4 heterocycles. The average Bonchev–Trinajstić information content (AvgIpc) is 3.62. The first kappa shape index (κ1) is 29.1. The number of amides is 1. The zero-order valence-electron chi connectivity index (χ0n) is 24.0. The molecule has 224 valence electrons. The topological polar surface area (TPSA) is 158 Å². The fourth-order valence-electron chi connectivity index (χ4n) is 4.97. The number of rotatable bonds is 10. The number of imidazole rings is 1. The van der Waals surface area contributed by atoms with E-state index in [1.807, 2.05) is 37.3 Å². The van der Waals surface area contributed by atoms with Crippen molar-refractivity contribution in [1.82, 2.24) is 34.9 Å². The van der Waals surface area contributed by atoms with E-state index < -0.39 is 15.8 Å². The van der Waals surface area contributed by atoms with Crippen molar-refractivity contribution in [2.45, 2.75) is 32.7 Å². The van der Waals surface area contributed by atoms with Crippen molar-refractivity contribution < 1.29 is 17.6 Å². The third-order valence-corrected chi connectivity index (χ3v) is 7.74. The van der Waals surface area contributed by atoms with Gasteiger partial charge in [0.15, 0.2) is 11.5 Å². The molecule has 1 amide bonds. The summed E-state index contributed by atoms with van der Waals surface area (Å²) in [6.45, 7) is 2.00. The minimum Gasteiger partial charge on any atom is -0.337 e. The van der Waals surface area contributed by atoms with Crippen LogP contribution in [-0.2, 0) is 21.4 Å². The second-order valence-electron chi connectivity index (χ2n) is 10.5. The lowest BCUT2D eigenvalue weighted by molar-refractivity contribution is -0.116. The summed E-state index contributed by atoms with van der Waals surface area (Å²) in [4.78, 5) is 29.2. The zero-order chi connectivity index (χ0) is 30.8. The molecule has 2 aromatic carbocycles. The number of sulfonamides is 1. The van der Waals surface area contributed by atoms with Crippen LogP contribution in [0.3, 0.4) is 0 Å². The van der Waals surface area contributed by atoms with Crippen LogP contribution in [0.2, 0.25) is 0 Å². The van der Waals surface area contributed by atoms with Crippen molar-refractivity contribution in [1.29, 1.82) is 0 Å². The van der Waals surface area contributed by atoms with E-state index in [0.29, 0.717) is 57.0 Å². The third kappa shape index (κ3) is 6.33. The average molecular weight is 613 g/mol. The number of para-hydroxylation sites is 1. The largest absolute Gasteiger partial charge is 0.337 e. The fraction of sp³-hybridized carbons (Fsp3) is 0.194. The van der Waals surface area contributed by atoms with Gasteiger partial charge in [-0.1, -0.05) is 25.5 Å². The van der Waals surface area contributed by atoms with Crippen molar-refractivity contribution in [3.8, 4) is 33.8 Å². The summed E-state index contributed by atoms with van der Waals surface area (Å²) in [6.07, 6.45) is 8.29. The molecule has 6 rings (SSSR count). The summed E-state index contributed by atoms with van der Waals surface area (Å²) < 4.78 is 40.1. The second kappa shape index (κ2) is 11.9. The standard InChI is InChI=1S/C31H29FN8O3S/c1-3-4-8-27(41)36-23-12-20(15-33-17-23)21-13-25-29(39-40-30(25)34-16-21)31-37-26-7-5-6-24(28(26)38-31)19-9-18(10-22(32)11-19)14-35-44(2,42)43/h5-7,9-13,15-17,35H,3-4,8,14H2,1-2H3,(H,36,41)(H,37,38)(H,34,39,40). The van der Waals surface area contributed by atoms with Crippen molar-refractivity contribution in [2.75, 3.05) is 11.6 Å². The summed E-state index contributed by atoms with van der Waals surface area (Å²) in [5.74, 6) is -0.0552. The minimum atomic E-state index is -3.44. The van der Waals surface area contributed by atoms with Gasteiger partial charge in [-0.05, 0) is 53.9 Å². The number of carbonyl (C=O) groups excluding carboxylic acids is 1. The molecule has 0 fully saturated rings. The van der Waals surface area contributed by atoms with Crippen LogP contribution in [0.1, 0.15) is 31.7 Å². The molecule has 0 atom stereocenters. The number of nitrogens with zero attached hydrogens (tertiary/aromatic N) is 4. The van der Waals surface area contributed by atoms with Crippen LogP contribution in [0, 0.1) is 5.82 Å². The van der Waals surface area contributed by atoms with Crippen LogP contribution in [0.5, 0.6) is 0 Å². The molecule has 0 unspecified atom stereocenters. The maximum Gasteiger partial charge on any atom is 0.224 e. The lowest BCUT2D eigenvalue weighted by Gasteiger charge is -2.08. The van der Waals surface area contributed by atoms with Gasteiger partial charge in [-0.15, -0.1) is 0 Å². The smallest absolute Gasteiger partial charge is 0.224 e. The summed E-state index contributed by atoms with van der Waals surface area (Å²) in [5, 5.41) is 11.1. The van der Waals surface area contributed by atoms with Gasteiger partial charge in [0.05, 0.1) is 34.6 Å². The number of anilines is 1. The Morgan fingerprint density at radius 3 is 2.68 bits per heavy atom. The SMILES string of the molecule is CCCCC(=O)Nc1cncc(-c2cnc3[nH]nc(-c4nc5c(-c6cc(F)cc(CNS(C)(=O)=O)c6)cccc5[nH]4)c3c2)c1. The molecule has 4 aromatic heterocycles. The van der Waals surface area contributed by atoms with Gasteiger partial charge in [-0.25, -0.2) is 27.5 Å². The Morgan fingerprint density at radius 2 is 1.86 bits per heavy atom. The highest BCUT2D eigenvalue weighted by Crippen LogP contribution is 2.33. The maximum absolute atomic E-state index is 14.6. The van der Waals surface area contributed by atoms with E-state index >= 15 is 0 Å². The summed E-state index contributed by atoms with van der Waals surface area (Å²) >= 11 is 0. The number of unbranched alkanes of at least 4 members (excludes halogenated alkanes) is 1. The van der Waals surface area contributed by atoms with Gasteiger partial charge >= 0.3 is 0 Å². The number of fused-ring (bicyclic) bond motifs is 2. The maximum atomic E-state index is 14.6. The molecule has 0 aliphatic carbocycles. The number of aromatic amines is 2. The number of benzene rings is 2. The second-order valence-corrected chi connectivity index (χ2v) is 12.4. The highest BCUT2D eigenvalue weighted by molar-refractivity contribution is 7.88. The monoisotopic (exact) mass is 612 g/mol. The Labute approximate surface area is 252 Å². The van der Waals surface area contributed by atoms with Gasteiger partial charge in [0.1, 0.15) is 11.5 Å². The molecule has 13 heteroatoms. The third-order valence-electron chi connectivity index (χ3n) is 7.07. The first-order valence-electron chi connectivity index (χ1n) is 14.0. The highest BCUT2D eigenvalue weighted by Gasteiger charge is 2.17. The quantitative estimate of drug-likeness (QED) is 0.158. The molecule has 0 aliphatic rings. The van der Waals surface area contributed by atoms with Crippen LogP contribution in [0.4, 0.5) is 10.1 Å². The molecule has 0 saturated carbocycles. The number of hydrogen-bond acceptors (Lipinski definition) is 7. The lowest BCUT2D eigenvalue weighted by atomic mass is 10.0. The van der Waals surface area contributed by atoms with Crippen molar-refractivity contribution in [2.24, 2.45) is 0 Å². The molecule has 0 bridgehead atoms. The van der Waals surface area contributed by atoms with Gasteiger partial charge in [0, 0.05) is 42.0 Å². The number of carbonyl (C=O) groups is 1. The minimum absolute atomic E-state index is 0.0381. The summed E-state index contributed by atoms with van der Waals surface area (Å²) in [6, 6.07) is 13.7. The Kier molecular flexibility index (Phi) is 7.89. The van der Waals surface area contributed by atoms with Gasteiger partial charge in [-0.3, -0.25) is 14.9 Å². The Balaban J connectivity index is 1.35. The van der Waals surface area contributed by atoms with Crippen LogP contribution < -0.4 is 10.0 Å². The van der Waals surface area contributed by atoms with Gasteiger partial charge in [-0.2, -0.15) is 5.10 Å². The first-order chi connectivity index (χ1) is 21.2. The van der Waals surface area contributed by atoms with Crippen LogP contribution >= 0.6 is 0 Å². The van der Waals surface area contributed by atoms with E-state index in [4.69, 9.17) is 4.98 Å². The fourth-order valence-corrected chi connectivity index (χ4v) is 5.40. The number of pyridine rings is 2. The van der Waals surface area contributed by atoms with E-state index in [9.17, 15) is 17.6 Å². The molecular weight excluding hydrogens is 583 g/mol. The predicted molar refractivity (Wildman–Crippen MR) is 167 cm³/mol. The molecule has 0 radical (unpaired) electrons. The number of H-pyrrole nitrogens is 2. The molecule has 0 aliphatic heterocycles.